The van der Waals surface area contributed by atoms with Crippen molar-refractivity contribution in [1.82, 2.24) is 9.88 Å². The third-order valence-electron chi connectivity index (χ3n) is 5.34. The molecule has 3 aromatic rings. The fraction of sp³-hybridized carbons (Fsp3) is 0.259. The maximum Gasteiger partial charge on any atom is 0.307 e. The van der Waals surface area contributed by atoms with Crippen LogP contribution in [0.25, 0.3) is 0 Å². The van der Waals surface area contributed by atoms with Crippen LogP contribution in [-0.4, -0.2) is 62.0 Å². The number of anilines is 1. The molecule has 1 heterocycles. The van der Waals surface area contributed by atoms with E-state index in [4.69, 9.17) is 30.1 Å². The van der Waals surface area contributed by atoms with Crippen LogP contribution in [-0.2, 0) is 9.53 Å². The lowest BCUT2D eigenvalue weighted by molar-refractivity contribution is -0.142. The summed E-state index contributed by atoms with van der Waals surface area (Å²) in [6.45, 7) is 1.62. The Morgan fingerprint density at radius 2 is 1.73 bits per heavy atom. The van der Waals surface area contributed by atoms with Gasteiger partial charge in [0.2, 0.25) is 11.6 Å². The number of hydrogen-bond acceptors (Lipinski definition) is 9. The summed E-state index contributed by atoms with van der Waals surface area (Å²) in [5, 5.41) is 10.2. The van der Waals surface area contributed by atoms with Gasteiger partial charge in [-0.1, -0.05) is 6.07 Å². The normalized spacial score (nSPS) is 10.4. The number of aromatic nitrogens is 1. The number of nitrogen functional groups attached to an aromatic ring is 1. The van der Waals surface area contributed by atoms with E-state index in [1.54, 1.807) is 27.1 Å². The zero-order valence-corrected chi connectivity index (χ0v) is 22.3. The first-order chi connectivity index (χ1) is 19.0. The van der Waals surface area contributed by atoms with Crippen LogP contribution in [0, 0.1) is 17.0 Å². The van der Waals surface area contributed by atoms with Crippen molar-refractivity contribution < 1.29 is 37.3 Å². The van der Waals surface area contributed by atoms with Crippen molar-refractivity contribution in [2.45, 2.75) is 13.3 Å². The molecule has 0 fully saturated rings. The lowest BCUT2D eigenvalue weighted by atomic mass is 10.2. The SMILES string of the molecule is CCOC(=O)CCNc1c(F)c(Oc2cccc(C(=O)N(C)C)c2)nc(Oc2cc(C(=N)N)ccc2OC)c1F. The molecule has 1 amide bonds. The highest BCUT2D eigenvalue weighted by Crippen LogP contribution is 2.39. The van der Waals surface area contributed by atoms with E-state index in [9.17, 15) is 9.59 Å². The Morgan fingerprint density at radius 1 is 1.02 bits per heavy atom. The van der Waals surface area contributed by atoms with Gasteiger partial charge >= 0.3 is 5.97 Å². The number of esters is 1. The Labute approximate surface area is 229 Å². The van der Waals surface area contributed by atoms with Crippen molar-refractivity contribution >= 4 is 23.4 Å². The number of ether oxygens (including phenoxy) is 4. The molecule has 0 aliphatic rings. The number of nitrogens with zero attached hydrogens (tertiary/aromatic N) is 2. The average Bonchev–Trinajstić information content (AvgIpc) is 2.92. The second-order valence-corrected chi connectivity index (χ2v) is 8.42. The third kappa shape index (κ3) is 7.12. The van der Waals surface area contributed by atoms with E-state index in [2.05, 4.69) is 10.3 Å². The van der Waals surface area contributed by atoms with Crippen molar-refractivity contribution in [3.8, 4) is 29.0 Å². The predicted molar refractivity (Wildman–Crippen MR) is 143 cm³/mol. The van der Waals surface area contributed by atoms with Gasteiger partial charge < -0.3 is 34.9 Å². The molecule has 0 aliphatic carbocycles. The van der Waals surface area contributed by atoms with Gasteiger partial charge in [-0.3, -0.25) is 15.0 Å². The summed E-state index contributed by atoms with van der Waals surface area (Å²) < 4.78 is 52.4. The van der Waals surface area contributed by atoms with Crippen molar-refractivity contribution in [1.29, 1.82) is 5.41 Å². The van der Waals surface area contributed by atoms with Gasteiger partial charge in [-0.2, -0.15) is 13.8 Å². The highest BCUT2D eigenvalue weighted by Gasteiger charge is 2.25. The number of amidine groups is 1. The number of pyridine rings is 1. The predicted octanol–water partition coefficient (Wildman–Crippen LogP) is 4.30. The van der Waals surface area contributed by atoms with E-state index in [0.717, 1.165) is 0 Å². The first kappa shape index (κ1) is 29.6. The topological polar surface area (TPSA) is 149 Å². The minimum Gasteiger partial charge on any atom is -0.493 e. The van der Waals surface area contributed by atoms with E-state index in [1.165, 1.54) is 48.4 Å². The Balaban J connectivity index is 2.05. The monoisotopic (exact) mass is 557 g/mol. The summed E-state index contributed by atoms with van der Waals surface area (Å²) in [7, 11) is 4.50. The van der Waals surface area contributed by atoms with E-state index in [0.29, 0.717) is 0 Å². The highest BCUT2D eigenvalue weighted by molar-refractivity contribution is 5.95. The van der Waals surface area contributed by atoms with Crippen molar-refractivity contribution in [2.75, 3.05) is 39.7 Å². The molecule has 2 aromatic carbocycles. The average molecular weight is 558 g/mol. The first-order valence-electron chi connectivity index (χ1n) is 12.0. The largest absolute Gasteiger partial charge is 0.493 e. The Morgan fingerprint density at radius 3 is 2.35 bits per heavy atom. The van der Waals surface area contributed by atoms with Gasteiger partial charge in [-0.05, 0) is 43.3 Å². The second-order valence-electron chi connectivity index (χ2n) is 8.42. The molecule has 0 saturated carbocycles. The highest BCUT2D eigenvalue weighted by atomic mass is 19.1. The molecule has 0 atom stereocenters. The summed E-state index contributed by atoms with van der Waals surface area (Å²) >= 11 is 0. The molecule has 13 heteroatoms. The molecule has 1 aromatic heterocycles. The minimum absolute atomic E-state index is 0.0466. The molecule has 0 unspecified atom stereocenters. The first-order valence-corrected chi connectivity index (χ1v) is 12.0. The smallest absolute Gasteiger partial charge is 0.307 e. The summed E-state index contributed by atoms with van der Waals surface area (Å²) in [5.41, 5.74) is 5.40. The quantitative estimate of drug-likeness (QED) is 0.168. The number of nitrogens with one attached hydrogen (secondary N) is 2. The number of benzene rings is 2. The number of carbonyl (C=O) groups is 2. The van der Waals surface area contributed by atoms with Crippen LogP contribution in [0.3, 0.4) is 0 Å². The van der Waals surface area contributed by atoms with Crippen LogP contribution in [0.2, 0.25) is 0 Å². The number of methoxy groups -OCH3 is 1. The summed E-state index contributed by atoms with van der Waals surface area (Å²) in [6.07, 6.45) is -0.176. The second kappa shape index (κ2) is 13.2. The number of nitrogens with two attached hydrogens (primary N) is 1. The molecule has 11 nitrogen and oxygen atoms in total. The van der Waals surface area contributed by atoms with Crippen molar-refractivity contribution in [3.63, 3.8) is 0 Å². The van der Waals surface area contributed by atoms with Crippen LogP contribution in [0.5, 0.6) is 29.0 Å². The van der Waals surface area contributed by atoms with Crippen molar-refractivity contribution in [3.05, 3.63) is 65.2 Å². The zero-order chi connectivity index (χ0) is 29.4. The molecule has 40 heavy (non-hydrogen) atoms. The van der Waals surface area contributed by atoms with E-state index in [1.807, 2.05) is 0 Å². The fourth-order valence-electron chi connectivity index (χ4n) is 3.40. The van der Waals surface area contributed by atoms with Crippen LogP contribution >= 0.6 is 0 Å². The number of rotatable bonds is 12. The molecule has 0 bridgehead atoms. The van der Waals surface area contributed by atoms with Crippen LogP contribution in [0.15, 0.2) is 42.5 Å². The molecule has 0 aliphatic heterocycles. The molecule has 0 radical (unpaired) electrons. The molecular weight excluding hydrogens is 528 g/mol. The van der Waals surface area contributed by atoms with E-state index >= 15 is 8.78 Å². The number of hydrogen-bond donors (Lipinski definition) is 3. The number of halogens is 2. The summed E-state index contributed by atoms with van der Waals surface area (Å²) in [6, 6.07) is 10.2. The zero-order valence-electron chi connectivity index (χ0n) is 22.3. The molecule has 3 rings (SSSR count). The van der Waals surface area contributed by atoms with Gasteiger partial charge in [0, 0.05) is 31.8 Å². The third-order valence-corrected chi connectivity index (χ3v) is 5.34. The number of amides is 1. The van der Waals surface area contributed by atoms with E-state index < -0.39 is 35.1 Å². The van der Waals surface area contributed by atoms with Gasteiger partial charge in [0.1, 0.15) is 17.3 Å². The van der Waals surface area contributed by atoms with E-state index in [-0.39, 0.29) is 59.7 Å². The Kier molecular flexibility index (Phi) is 9.79. The number of carbonyl (C=O) groups excluding carboxylic acids is 2. The Hall–Kier alpha value is -4.94. The van der Waals surface area contributed by atoms with Crippen LogP contribution in [0.4, 0.5) is 14.5 Å². The van der Waals surface area contributed by atoms with Gasteiger partial charge in [0.25, 0.3) is 17.7 Å². The standard InChI is InChI=1S/C27H29F2N5O6/c1-5-38-20(35)11-12-32-23-21(28)25(39-17-8-6-7-16(13-17)27(36)34(2)3)33-26(22(23)29)40-19-14-15(24(30)31)9-10-18(19)37-4/h6-10,13-14H,5,11-12H2,1-4H3,(H3,30,31)(H,32,33). The summed E-state index contributed by atoms with van der Waals surface area (Å²) in [5.74, 6) is -4.82. The van der Waals surface area contributed by atoms with Gasteiger partial charge in [-0.15, -0.1) is 0 Å². The molecule has 212 valence electrons. The molecular formula is C27H29F2N5O6. The lowest BCUT2D eigenvalue weighted by Crippen LogP contribution is -2.21. The lowest BCUT2D eigenvalue weighted by Gasteiger charge is -2.17. The fourth-order valence-corrected chi connectivity index (χ4v) is 3.40. The van der Waals surface area contributed by atoms with Gasteiger partial charge in [0.15, 0.2) is 11.5 Å². The van der Waals surface area contributed by atoms with Crippen LogP contribution in [0.1, 0.15) is 29.3 Å². The maximum absolute atomic E-state index is 15.5. The molecule has 0 saturated heterocycles. The minimum atomic E-state index is -1.22. The van der Waals surface area contributed by atoms with Crippen molar-refractivity contribution in [2.24, 2.45) is 5.73 Å². The van der Waals surface area contributed by atoms with Gasteiger partial charge in [0.05, 0.1) is 20.1 Å². The Bertz CT molecular complexity index is 1420. The summed E-state index contributed by atoms with van der Waals surface area (Å²) in [4.78, 5) is 29.3. The van der Waals surface area contributed by atoms with Crippen LogP contribution < -0.4 is 25.3 Å². The van der Waals surface area contributed by atoms with Gasteiger partial charge in [-0.25, -0.2) is 0 Å². The molecule has 0 spiro atoms. The maximum atomic E-state index is 15.5. The molecule has 4 N–H and O–H groups in total.